The molecule has 1 N–H and O–H groups in total. The zero-order valence-corrected chi connectivity index (χ0v) is 9.70. The van der Waals surface area contributed by atoms with Crippen molar-refractivity contribution in [2.75, 3.05) is 0 Å². The van der Waals surface area contributed by atoms with E-state index in [-0.39, 0.29) is 11.5 Å². The summed E-state index contributed by atoms with van der Waals surface area (Å²) in [5.41, 5.74) is 2.28. The molecule has 0 radical (unpaired) electrons. The molecule has 1 heterocycles. The minimum Gasteiger partial charge on any atom is -0.393 e. The second-order valence-electron chi connectivity index (χ2n) is 4.98. The second kappa shape index (κ2) is 3.73. The molecule has 0 saturated carbocycles. The van der Waals surface area contributed by atoms with Gasteiger partial charge in [-0.05, 0) is 12.5 Å². The van der Waals surface area contributed by atoms with Gasteiger partial charge in [0.1, 0.15) is 0 Å². The molecule has 0 aliphatic carbocycles. The van der Waals surface area contributed by atoms with Crippen molar-refractivity contribution >= 4 is 0 Å². The molecule has 0 aromatic carbocycles. The van der Waals surface area contributed by atoms with Crippen LogP contribution in [-0.4, -0.2) is 21.0 Å². The number of aromatic nitrogens is 2. The standard InChI is InChI=1S/C11H20N2O/c1-8(14)6-9-7-13(5)12-10(9)11(2,3)4/h7-8,14H,6H2,1-5H3/t8-/m1/s1. The Morgan fingerprint density at radius 2 is 2.07 bits per heavy atom. The molecule has 1 atom stereocenters. The van der Waals surface area contributed by atoms with Crippen LogP contribution in [0.1, 0.15) is 39.0 Å². The third-order valence-electron chi connectivity index (χ3n) is 2.13. The second-order valence-corrected chi connectivity index (χ2v) is 4.98. The molecule has 3 heteroatoms. The van der Waals surface area contributed by atoms with E-state index >= 15 is 0 Å². The lowest BCUT2D eigenvalue weighted by molar-refractivity contribution is 0.195. The van der Waals surface area contributed by atoms with Gasteiger partial charge in [0.2, 0.25) is 0 Å². The average Bonchev–Trinajstić information content (AvgIpc) is 2.28. The highest BCUT2D eigenvalue weighted by atomic mass is 16.3. The minimum atomic E-state index is -0.305. The Balaban J connectivity index is 3.03. The molecule has 1 rings (SSSR count). The van der Waals surface area contributed by atoms with E-state index in [0.29, 0.717) is 6.42 Å². The highest BCUT2D eigenvalue weighted by Gasteiger charge is 2.22. The Morgan fingerprint density at radius 3 is 2.50 bits per heavy atom. The van der Waals surface area contributed by atoms with Crippen molar-refractivity contribution in [3.8, 4) is 0 Å². The summed E-state index contributed by atoms with van der Waals surface area (Å²) in [7, 11) is 1.92. The fraction of sp³-hybridized carbons (Fsp3) is 0.727. The first kappa shape index (κ1) is 11.2. The maximum atomic E-state index is 9.37. The van der Waals surface area contributed by atoms with Gasteiger partial charge in [0, 0.05) is 25.1 Å². The van der Waals surface area contributed by atoms with Crippen LogP contribution in [0.25, 0.3) is 0 Å². The largest absolute Gasteiger partial charge is 0.393 e. The molecular weight excluding hydrogens is 176 g/mol. The molecule has 0 spiro atoms. The molecule has 3 nitrogen and oxygen atoms in total. The van der Waals surface area contributed by atoms with Crippen molar-refractivity contribution in [1.82, 2.24) is 9.78 Å². The lowest BCUT2D eigenvalue weighted by atomic mass is 9.88. The summed E-state index contributed by atoms with van der Waals surface area (Å²) in [6.07, 6.45) is 2.37. The first-order valence-electron chi connectivity index (χ1n) is 5.02. The molecule has 14 heavy (non-hydrogen) atoms. The van der Waals surface area contributed by atoms with Gasteiger partial charge in [-0.25, -0.2) is 0 Å². The Hall–Kier alpha value is -0.830. The van der Waals surface area contributed by atoms with E-state index in [9.17, 15) is 5.11 Å². The van der Waals surface area contributed by atoms with E-state index in [1.807, 2.05) is 17.9 Å². The topological polar surface area (TPSA) is 38.0 Å². The average molecular weight is 196 g/mol. The van der Waals surface area contributed by atoms with Crippen molar-refractivity contribution in [3.05, 3.63) is 17.5 Å². The Bertz CT molecular complexity index is 308. The quantitative estimate of drug-likeness (QED) is 0.781. The van der Waals surface area contributed by atoms with Gasteiger partial charge in [0.25, 0.3) is 0 Å². The van der Waals surface area contributed by atoms with Gasteiger partial charge in [-0.1, -0.05) is 20.8 Å². The molecular formula is C11H20N2O. The van der Waals surface area contributed by atoms with Crippen LogP contribution in [0.2, 0.25) is 0 Å². The number of aliphatic hydroxyl groups excluding tert-OH is 1. The maximum absolute atomic E-state index is 9.37. The van der Waals surface area contributed by atoms with Gasteiger partial charge in [0.05, 0.1) is 11.8 Å². The Morgan fingerprint density at radius 1 is 1.50 bits per heavy atom. The van der Waals surface area contributed by atoms with Crippen LogP contribution in [0, 0.1) is 0 Å². The molecule has 0 unspecified atom stereocenters. The van der Waals surface area contributed by atoms with E-state index in [1.54, 1.807) is 6.92 Å². The predicted octanol–water partition coefficient (Wildman–Crippen LogP) is 1.64. The van der Waals surface area contributed by atoms with E-state index in [0.717, 1.165) is 11.3 Å². The number of aliphatic hydroxyl groups is 1. The van der Waals surface area contributed by atoms with Crippen molar-refractivity contribution in [3.63, 3.8) is 0 Å². The van der Waals surface area contributed by atoms with Crippen LogP contribution in [-0.2, 0) is 18.9 Å². The van der Waals surface area contributed by atoms with Gasteiger partial charge in [0.15, 0.2) is 0 Å². The van der Waals surface area contributed by atoms with E-state index in [4.69, 9.17) is 0 Å². The molecule has 0 bridgehead atoms. The van der Waals surface area contributed by atoms with E-state index in [2.05, 4.69) is 25.9 Å². The predicted molar refractivity (Wildman–Crippen MR) is 57.3 cm³/mol. The third kappa shape index (κ3) is 2.58. The molecule has 0 amide bonds. The minimum absolute atomic E-state index is 0.0471. The molecule has 0 fully saturated rings. The molecule has 80 valence electrons. The van der Waals surface area contributed by atoms with Gasteiger partial charge in [-0.2, -0.15) is 5.10 Å². The number of hydrogen-bond acceptors (Lipinski definition) is 2. The summed E-state index contributed by atoms with van der Waals surface area (Å²) in [6.45, 7) is 8.22. The third-order valence-corrected chi connectivity index (χ3v) is 2.13. The van der Waals surface area contributed by atoms with E-state index < -0.39 is 0 Å². The zero-order valence-electron chi connectivity index (χ0n) is 9.70. The highest BCUT2D eigenvalue weighted by Crippen LogP contribution is 2.24. The van der Waals surface area contributed by atoms with E-state index in [1.165, 1.54) is 0 Å². The normalized spacial score (nSPS) is 14.4. The maximum Gasteiger partial charge on any atom is 0.0710 e. The summed E-state index contributed by atoms with van der Waals surface area (Å²) in [4.78, 5) is 0. The molecule has 1 aromatic heterocycles. The summed E-state index contributed by atoms with van der Waals surface area (Å²) >= 11 is 0. The summed E-state index contributed by atoms with van der Waals surface area (Å²) in [6, 6.07) is 0. The number of hydrogen-bond donors (Lipinski definition) is 1. The van der Waals surface area contributed by atoms with Gasteiger partial charge >= 0.3 is 0 Å². The lowest BCUT2D eigenvalue weighted by Crippen LogP contribution is -2.16. The van der Waals surface area contributed by atoms with Crippen LogP contribution in [0.4, 0.5) is 0 Å². The van der Waals surface area contributed by atoms with Crippen molar-refractivity contribution in [1.29, 1.82) is 0 Å². The first-order valence-corrected chi connectivity index (χ1v) is 5.02. The van der Waals surface area contributed by atoms with Gasteiger partial charge < -0.3 is 5.11 Å². The smallest absolute Gasteiger partial charge is 0.0710 e. The van der Waals surface area contributed by atoms with Gasteiger partial charge in [-0.15, -0.1) is 0 Å². The van der Waals surface area contributed by atoms with Crippen LogP contribution < -0.4 is 0 Å². The van der Waals surface area contributed by atoms with Crippen LogP contribution in [0.3, 0.4) is 0 Å². The fourth-order valence-corrected chi connectivity index (χ4v) is 1.64. The van der Waals surface area contributed by atoms with Gasteiger partial charge in [-0.3, -0.25) is 4.68 Å². The number of rotatable bonds is 2. The van der Waals surface area contributed by atoms with Crippen molar-refractivity contribution in [2.24, 2.45) is 7.05 Å². The molecule has 0 saturated heterocycles. The summed E-state index contributed by atoms with van der Waals surface area (Å²) < 4.78 is 1.82. The van der Waals surface area contributed by atoms with Crippen LogP contribution in [0.5, 0.6) is 0 Å². The molecule has 1 aromatic rings. The number of nitrogens with zero attached hydrogens (tertiary/aromatic N) is 2. The Kier molecular flexibility index (Phi) is 3.00. The lowest BCUT2D eigenvalue weighted by Gasteiger charge is -2.17. The first-order chi connectivity index (χ1) is 6.30. The van der Waals surface area contributed by atoms with Crippen LogP contribution in [0.15, 0.2) is 6.20 Å². The van der Waals surface area contributed by atoms with Crippen LogP contribution >= 0.6 is 0 Å². The highest BCUT2D eigenvalue weighted by molar-refractivity contribution is 5.24. The SMILES string of the molecule is C[C@@H](O)Cc1cn(C)nc1C(C)(C)C. The fourth-order valence-electron chi connectivity index (χ4n) is 1.64. The monoisotopic (exact) mass is 196 g/mol. The zero-order chi connectivity index (χ0) is 10.9. The van der Waals surface area contributed by atoms with Crippen molar-refractivity contribution in [2.45, 2.75) is 45.6 Å². The molecule has 0 aliphatic heterocycles. The summed E-state index contributed by atoms with van der Waals surface area (Å²) in [5, 5.41) is 13.8. The number of aryl methyl sites for hydroxylation is 1. The molecule has 0 aliphatic rings. The summed E-state index contributed by atoms with van der Waals surface area (Å²) in [5.74, 6) is 0. The Labute approximate surface area is 85.8 Å². The van der Waals surface area contributed by atoms with Crippen molar-refractivity contribution < 1.29 is 5.11 Å².